The van der Waals surface area contributed by atoms with Crippen LogP contribution in [0.15, 0.2) is 35.3 Å². The molecule has 1 aromatic heterocycles. The molecule has 86 valence electrons. The van der Waals surface area contributed by atoms with E-state index < -0.39 is 10.2 Å². The molecular weight excluding hydrogens is 303 g/mol. The Hall–Kier alpha value is -0.721. The van der Waals surface area contributed by atoms with E-state index in [0.717, 1.165) is 5.39 Å². The monoisotopic (exact) mass is 310 g/mol. The van der Waals surface area contributed by atoms with Crippen LogP contribution in [0.2, 0.25) is 0 Å². The average Bonchev–Trinajstić information content (AvgIpc) is 2.16. The first-order valence-electron chi connectivity index (χ1n) is 3.98. The number of benzene rings is 1. The number of fused-ring (bicyclic) bond motifs is 1. The number of hydrogen-bond acceptors (Lipinski definition) is 4. The third-order valence-corrected chi connectivity index (χ3v) is 3.43. The van der Waals surface area contributed by atoms with Gasteiger partial charge in [-0.15, -0.1) is 10.2 Å². The Morgan fingerprint density at radius 3 is 2.12 bits per heavy atom. The van der Waals surface area contributed by atoms with Crippen molar-refractivity contribution in [3.8, 4) is 0 Å². The Bertz CT molecular complexity index is 508. The first-order chi connectivity index (χ1) is 7.38. The molecule has 0 spiro atoms. The molecule has 0 aliphatic heterocycles. The van der Waals surface area contributed by atoms with Gasteiger partial charge >= 0.3 is 69.6 Å². The van der Waals surface area contributed by atoms with E-state index in [1.807, 2.05) is 23.1 Å². The Labute approximate surface area is 98.7 Å². The Kier molecular flexibility index (Phi) is 4.64. The summed E-state index contributed by atoms with van der Waals surface area (Å²) in [5.41, 5.74) is 0.397. The molecule has 1 heterocycles. The molecule has 0 radical (unpaired) electrons. The van der Waals surface area contributed by atoms with Gasteiger partial charge in [0.15, 0.2) is 0 Å². The molecule has 0 amide bonds. The molecule has 1 N–H and O–H groups in total. The summed E-state index contributed by atoms with van der Waals surface area (Å²) in [4.78, 5) is 11.4. The summed E-state index contributed by atoms with van der Waals surface area (Å²) in [7, 11) is -4.94. The van der Waals surface area contributed by atoms with Crippen molar-refractivity contribution in [3.05, 3.63) is 40.7 Å². The number of halogens is 1. The van der Waals surface area contributed by atoms with E-state index in [9.17, 15) is 4.79 Å². The summed E-state index contributed by atoms with van der Waals surface area (Å²) in [6.07, 6.45) is 0. The van der Waals surface area contributed by atoms with Crippen molar-refractivity contribution in [1.82, 2.24) is 0 Å². The SMILES string of the molecule is [O-][Cl+3]([O-])([O-])[O-].[OH+]=c1cc[se]c2ccccc12. The maximum atomic E-state index is 9.40. The molecule has 0 saturated heterocycles. The van der Waals surface area contributed by atoms with Gasteiger partial charge in [-0.25, -0.2) is 18.6 Å². The molecule has 2 rings (SSSR count). The zero-order chi connectivity index (χ0) is 12.2. The molecule has 0 fully saturated rings. The van der Waals surface area contributed by atoms with Gasteiger partial charge in [0.05, 0.1) is 0 Å². The quantitative estimate of drug-likeness (QED) is 0.366. The second kappa shape index (κ2) is 5.56. The van der Waals surface area contributed by atoms with Gasteiger partial charge in [-0.05, 0) is 0 Å². The molecule has 0 unspecified atom stereocenters. The van der Waals surface area contributed by atoms with Gasteiger partial charge in [0.25, 0.3) is 0 Å². The van der Waals surface area contributed by atoms with Crippen molar-refractivity contribution in [1.29, 1.82) is 0 Å². The summed E-state index contributed by atoms with van der Waals surface area (Å²) in [6, 6.07) is 9.75. The average molecular weight is 310 g/mol. The van der Waals surface area contributed by atoms with Crippen LogP contribution in [0, 0.1) is 10.2 Å². The van der Waals surface area contributed by atoms with E-state index >= 15 is 0 Å². The fourth-order valence-corrected chi connectivity index (χ4v) is 2.72. The molecular formula is C9H7ClO5Se. The molecule has 16 heavy (non-hydrogen) atoms. The molecule has 0 aliphatic carbocycles. The maximum absolute atomic E-state index is 9.40. The molecule has 0 atom stereocenters. The predicted molar refractivity (Wildman–Crippen MR) is 46.0 cm³/mol. The van der Waals surface area contributed by atoms with Crippen LogP contribution in [-0.4, -0.2) is 19.3 Å². The van der Waals surface area contributed by atoms with Crippen LogP contribution in [0.4, 0.5) is 0 Å². The number of hydrogen-bond donors (Lipinski definition) is 0. The zero-order valence-electron chi connectivity index (χ0n) is 7.83. The molecule has 1 aromatic carbocycles. The standard InChI is InChI=1S/C9H6OSe.ClHO4/c10-8-5-6-11-9-4-2-1-3-7(8)9;2-1(3,4)5/h1-6H;(H,2,3,4,5). The first kappa shape index (κ1) is 13.3. The van der Waals surface area contributed by atoms with Crippen molar-refractivity contribution in [2.45, 2.75) is 0 Å². The van der Waals surface area contributed by atoms with Crippen LogP contribution < -0.4 is 24.1 Å². The van der Waals surface area contributed by atoms with Gasteiger partial charge in [-0.2, -0.15) is 0 Å². The third kappa shape index (κ3) is 4.87. The topological polar surface area (TPSA) is 114 Å². The predicted octanol–water partition coefficient (Wildman–Crippen LogP) is -3.85. The summed E-state index contributed by atoms with van der Waals surface area (Å²) in [5, 5.41) is 0.995. The molecule has 5 nitrogen and oxygen atoms in total. The van der Waals surface area contributed by atoms with Crippen LogP contribution in [0.25, 0.3) is 9.65 Å². The van der Waals surface area contributed by atoms with Crippen LogP contribution in [0.3, 0.4) is 0 Å². The van der Waals surface area contributed by atoms with Crippen LogP contribution in [0.1, 0.15) is 0 Å². The molecule has 0 bridgehead atoms. The zero-order valence-corrected chi connectivity index (χ0v) is 10.3. The fourth-order valence-electron chi connectivity index (χ4n) is 1.04. The minimum atomic E-state index is -4.94. The third-order valence-electron chi connectivity index (χ3n) is 1.58. The van der Waals surface area contributed by atoms with Crippen molar-refractivity contribution >= 4 is 24.1 Å². The summed E-state index contributed by atoms with van der Waals surface area (Å²) < 4.78 is 35.2. The van der Waals surface area contributed by atoms with Crippen LogP contribution in [-0.2, 0) is 0 Å². The summed E-state index contributed by atoms with van der Waals surface area (Å²) >= 11 is 0.406. The van der Waals surface area contributed by atoms with Gasteiger partial charge in [0.2, 0.25) is 0 Å². The van der Waals surface area contributed by atoms with Gasteiger partial charge in [0.1, 0.15) is 0 Å². The van der Waals surface area contributed by atoms with Crippen molar-refractivity contribution in [2.24, 2.45) is 0 Å². The van der Waals surface area contributed by atoms with Gasteiger partial charge < -0.3 is 0 Å². The van der Waals surface area contributed by atoms with E-state index in [-0.39, 0.29) is 0 Å². The van der Waals surface area contributed by atoms with Gasteiger partial charge in [-0.3, -0.25) is 0 Å². The molecule has 2 aromatic rings. The van der Waals surface area contributed by atoms with Crippen molar-refractivity contribution in [2.75, 3.05) is 0 Å². The van der Waals surface area contributed by atoms with E-state index in [4.69, 9.17) is 18.6 Å². The van der Waals surface area contributed by atoms with E-state index in [1.165, 1.54) is 4.26 Å². The van der Waals surface area contributed by atoms with Crippen molar-refractivity contribution < 1.29 is 33.7 Å². The molecule has 0 saturated carbocycles. The van der Waals surface area contributed by atoms with Crippen LogP contribution in [0.5, 0.6) is 0 Å². The Morgan fingerprint density at radius 2 is 1.56 bits per heavy atom. The van der Waals surface area contributed by atoms with Gasteiger partial charge in [-0.1, -0.05) is 0 Å². The number of rotatable bonds is 0. The van der Waals surface area contributed by atoms with E-state index in [0.29, 0.717) is 19.9 Å². The Morgan fingerprint density at radius 1 is 1.00 bits per heavy atom. The van der Waals surface area contributed by atoms with Gasteiger partial charge in [0, 0.05) is 0 Å². The van der Waals surface area contributed by atoms with Crippen molar-refractivity contribution in [3.63, 3.8) is 0 Å². The minimum absolute atomic E-state index is 0.397. The molecule has 0 aliphatic rings. The first-order valence-corrected chi connectivity index (χ1v) is 7.06. The summed E-state index contributed by atoms with van der Waals surface area (Å²) in [5.74, 6) is 0. The second-order valence-electron chi connectivity index (χ2n) is 2.68. The Balaban J connectivity index is 0.000000221. The van der Waals surface area contributed by atoms with E-state index in [1.54, 1.807) is 6.07 Å². The second-order valence-corrected chi connectivity index (χ2v) is 5.42. The fraction of sp³-hybridized carbons (Fsp3) is 0. The van der Waals surface area contributed by atoms with E-state index in [2.05, 4.69) is 6.07 Å². The normalized spacial score (nSPS) is 10.8. The molecule has 7 heteroatoms. The summed E-state index contributed by atoms with van der Waals surface area (Å²) in [6.45, 7) is 0. The van der Waals surface area contributed by atoms with Crippen LogP contribution >= 0.6 is 0 Å².